The zero-order chi connectivity index (χ0) is 22.2. The van der Waals surface area contributed by atoms with Crippen molar-refractivity contribution in [3.63, 3.8) is 0 Å². The van der Waals surface area contributed by atoms with Gasteiger partial charge in [0.1, 0.15) is 10.8 Å². The second-order valence-electron chi connectivity index (χ2n) is 7.46. The first-order chi connectivity index (χ1) is 14.8. The summed E-state index contributed by atoms with van der Waals surface area (Å²) in [5, 5.41) is 9.61. The quantitative estimate of drug-likeness (QED) is 0.539. The van der Waals surface area contributed by atoms with Gasteiger partial charge in [-0.25, -0.2) is 4.68 Å². The lowest BCUT2D eigenvalue weighted by molar-refractivity contribution is -0.173. The number of benzene rings is 2. The van der Waals surface area contributed by atoms with Crippen LogP contribution >= 0.6 is 11.6 Å². The first-order valence-corrected chi connectivity index (χ1v) is 10.2. The summed E-state index contributed by atoms with van der Waals surface area (Å²) < 4.78 is 42.3. The summed E-state index contributed by atoms with van der Waals surface area (Å²) in [4.78, 5) is 12.8. The molecule has 3 atom stereocenters. The molecule has 0 saturated carbocycles. The van der Waals surface area contributed by atoms with Crippen LogP contribution < -0.4 is 10.6 Å². The number of nitrogens with one attached hydrogen (secondary N) is 2. The highest BCUT2D eigenvalue weighted by Crippen LogP contribution is 2.46. The van der Waals surface area contributed by atoms with Gasteiger partial charge in [0.2, 0.25) is 0 Å². The molecule has 5 nitrogen and oxygen atoms in total. The molecular formula is C22H20ClF3N4O. The normalized spacial score (nSPS) is 19.3. The van der Waals surface area contributed by atoms with Crippen LogP contribution in [0.2, 0.25) is 5.02 Å². The first kappa shape index (κ1) is 21.2. The molecule has 31 heavy (non-hydrogen) atoms. The molecule has 3 unspecified atom stereocenters. The molecule has 0 spiro atoms. The van der Waals surface area contributed by atoms with E-state index in [1.54, 1.807) is 37.3 Å². The average Bonchev–Trinajstić information content (AvgIpc) is 3.10. The van der Waals surface area contributed by atoms with E-state index < -0.39 is 24.2 Å². The Labute approximate surface area is 182 Å². The molecular weight excluding hydrogens is 429 g/mol. The van der Waals surface area contributed by atoms with Crippen LogP contribution in [0.15, 0.2) is 60.7 Å². The number of amides is 1. The highest BCUT2D eigenvalue weighted by atomic mass is 35.5. The van der Waals surface area contributed by atoms with Gasteiger partial charge in [0.15, 0.2) is 11.7 Å². The number of alkyl halides is 3. The number of carbonyl (C=O) groups excluding carboxylic acids is 1. The summed E-state index contributed by atoms with van der Waals surface area (Å²) in [6.45, 7) is 1.78. The van der Waals surface area contributed by atoms with Crippen molar-refractivity contribution in [3.8, 4) is 0 Å². The Bertz CT molecular complexity index is 1070. The SMILES string of the molecule is CC(NC(=O)c1nn2c(c1Cl)NC(c1ccccc1)CC2C(F)(F)F)c1ccccc1. The monoisotopic (exact) mass is 448 g/mol. The lowest BCUT2D eigenvalue weighted by atomic mass is 9.97. The number of halogens is 4. The third-order valence-corrected chi connectivity index (χ3v) is 5.72. The number of fused-ring (bicyclic) bond motifs is 1. The molecule has 162 valence electrons. The summed E-state index contributed by atoms with van der Waals surface area (Å²) in [6, 6.07) is 15.1. The molecule has 0 aliphatic carbocycles. The van der Waals surface area contributed by atoms with E-state index >= 15 is 0 Å². The highest BCUT2D eigenvalue weighted by molar-refractivity contribution is 6.36. The number of nitrogens with zero attached hydrogens (tertiary/aromatic N) is 2. The fraction of sp³-hybridized carbons (Fsp3) is 0.273. The molecule has 0 radical (unpaired) electrons. The van der Waals surface area contributed by atoms with E-state index in [1.165, 1.54) is 0 Å². The van der Waals surface area contributed by atoms with Gasteiger partial charge in [0.05, 0.1) is 12.1 Å². The minimum atomic E-state index is -4.55. The van der Waals surface area contributed by atoms with Crippen LogP contribution in [0, 0.1) is 0 Å². The molecule has 0 fully saturated rings. The fourth-order valence-electron chi connectivity index (χ4n) is 3.73. The molecule has 1 amide bonds. The van der Waals surface area contributed by atoms with Gasteiger partial charge in [-0.15, -0.1) is 0 Å². The van der Waals surface area contributed by atoms with Crippen LogP contribution in [-0.4, -0.2) is 21.9 Å². The van der Waals surface area contributed by atoms with Crippen LogP contribution in [-0.2, 0) is 0 Å². The average molecular weight is 449 g/mol. The van der Waals surface area contributed by atoms with Gasteiger partial charge in [-0.3, -0.25) is 4.79 Å². The maximum Gasteiger partial charge on any atom is 0.410 e. The van der Waals surface area contributed by atoms with E-state index in [0.717, 1.165) is 10.2 Å². The molecule has 2 aromatic carbocycles. The van der Waals surface area contributed by atoms with Crippen molar-refractivity contribution in [2.45, 2.75) is 37.6 Å². The Morgan fingerprint density at radius 2 is 1.77 bits per heavy atom. The molecule has 0 bridgehead atoms. The lowest BCUT2D eigenvalue weighted by Gasteiger charge is -2.33. The van der Waals surface area contributed by atoms with Gasteiger partial charge in [-0.1, -0.05) is 72.3 Å². The smallest absolute Gasteiger partial charge is 0.362 e. The van der Waals surface area contributed by atoms with Crippen molar-refractivity contribution in [2.75, 3.05) is 5.32 Å². The van der Waals surface area contributed by atoms with E-state index in [4.69, 9.17) is 11.6 Å². The lowest BCUT2D eigenvalue weighted by Crippen LogP contribution is -2.36. The van der Waals surface area contributed by atoms with Gasteiger partial charge >= 0.3 is 6.18 Å². The Hall–Kier alpha value is -3.00. The summed E-state index contributed by atoms with van der Waals surface area (Å²) >= 11 is 6.36. The topological polar surface area (TPSA) is 59.0 Å². The van der Waals surface area contributed by atoms with Crippen LogP contribution in [0.1, 0.15) is 53.1 Å². The van der Waals surface area contributed by atoms with Crippen molar-refractivity contribution >= 4 is 23.3 Å². The largest absolute Gasteiger partial charge is 0.410 e. The van der Waals surface area contributed by atoms with Gasteiger partial charge in [-0.05, 0) is 18.1 Å². The Morgan fingerprint density at radius 3 is 2.39 bits per heavy atom. The number of carbonyl (C=O) groups is 1. The fourth-order valence-corrected chi connectivity index (χ4v) is 3.99. The Kier molecular flexibility index (Phi) is 5.66. The van der Waals surface area contributed by atoms with Gasteiger partial charge in [0, 0.05) is 6.42 Å². The van der Waals surface area contributed by atoms with Gasteiger partial charge < -0.3 is 10.6 Å². The van der Waals surface area contributed by atoms with Crippen molar-refractivity contribution in [1.82, 2.24) is 15.1 Å². The highest BCUT2D eigenvalue weighted by Gasteiger charge is 2.47. The van der Waals surface area contributed by atoms with Crippen LogP contribution in [0.3, 0.4) is 0 Å². The third-order valence-electron chi connectivity index (χ3n) is 5.36. The zero-order valence-corrected chi connectivity index (χ0v) is 17.3. The number of hydrogen-bond donors (Lipinski definition) is 2. The van der Waals surface area contributed by atoms with Crippen molar-refractivity contribution in [2.24, 2.45) is 0 Å². The van der Waals surface area contributed by atoms with Crippen molar-refractivity contribution in [3.05, 3.63) is 82.5 Å². The second kappa shape index (κ2) is 8.26. The molecule has 0 saturated heterocycles. The maximum atomic E-state index is 13.9. The Balaban J connectivity index is 1.66. The van der Waals surface area contributed by atoms with Crippen LogP contribution in [0.25, 0.3) is 0 Å². The number of hydrogen-bond acceptors (Lipinski definition) is 3. The molecule has 9 heteroatoms. The van der Waals surface area contributed by atoms with E-state index in [9.17, 15) is 18.0 Å². The minimum absolute atomic E-state index is 0.0124. The molecule has 4 rings (SSSR count). The standard InChI is InChI=1S/C22H20ClF3N4O/c1-13(14-8-4-2-5-9-14)27-21(31)19-18(23)20-28-16(15-10-6-3-7-11-15)12-17(22(24,25)26)30(20)29-19/h2-11,13,16-17,28H,12H2,1H3,(H,27,31). The summed E-state index contributed by atoms with van der Waals surface area (Å²) in [5.74, 6) is -0.649. The number of rotatable bonds is 4. The molecule has 1 aliphatic rings. The molecule has 1 aliphatic heterocycles. The summed E-state index contributed by atoms with van der Waals surface area (Å²) in [6.07, 6.45) is -4.82. The van der Waals surface area contributed by atoms with E-state index in [-0.39, 0.29) is 29.0 Å². The van der Waals surface area contributed by atoms with Gasteiger partial charge in [-0.2, -0.15) is 18.3 Å². The first-order valence-electron chi connectivity index (χ1n) is 9.77. The maximum absolute atomic E-state index is 13.9. The van der Waals surface area contributed by atoms with Crippen LogP contribution in [0.4, 0.5) is 19.0 Å². The predicted molar refractivity (Wildman–Crippen MR) is 112 cm³/mol. The predicted octanol–water partition coefficient (Wildman–Crippen LogP) is 5.69. The molecule has 2 heterocycles. The number of anilines is 1. The van der Waals surface area contributed by atoms with Crippen molar-refractivity contribution in [1.29, 1.82) is 0 Å². The van der Waals surface area contributed by atoms with E-state index in [1.807, 2.05) is 30.3 Å². The summed E-state index contributed by atoms with van der Waals surface area (Å²) in [5.41, 5.74) is 1.31. The molecule has 3 aromatic rings. The van der Waals surface area contributed by atoms with Crippen molar-refractivity contribution < 1.29 is 18.0 Å². The second-order valence-corrected chi connectivity index (χ2v) is 7.84. The van der Waals surface area contributed by atoms with Crippen LogP contribution in [0.5, 0.6) is 0 Å². The Morgan fingerprint density at radius 1 is 1.16 bits per heavy atom. The third kappa shape index (κ3) is 4.25. The van der Waals surface area contributed by atoms with Gasteiger partial charge in [0.25, 0.3) is 5.91 Å². The summed E-state index contributed by atoms with van der Waals surface area (Å²) in [7, 11) is 0. The molecule has 1 aromatic heterocycles. The zero-order valence-electron chi connectivity index (χ0n) is 16.5. The van der Waals surface area contributed by atoms with E-state index in [0.29, 0.717) is 5.56 Å². The van der Waals surface area contributed by atoms with E-state index in [2.05, 4.69) is 15.7 Å². The minimum Gasteiger partial charge on any atom is -0.362 e. The molecule has 2 N–H and O–H groups in total. The number of aromatic nitrogens is 2.